The highest BCUT2D eigenvalue weighted by molar-refractivity contribution is 7.90. The molecule has 1 aromatic heterocycles. The first-order chi connectivity index (χ1) is 12.1. The lowest BCUT2D eigenvalue weighted by Gasteiger charge is -2.23. The second kappa shape index (κ2) is 7.16. The van der Waals surface area contributed by atoms with Crippen LogP contribution in [-0.2, 0) is 23.3 Å². The number of benzene rings is 1. The second-order valence-electron chi connectivity index (χ2n) is 5.84. The number of aryl methyl sites for hydroxylation is 2. The summed E-state index contributed by atoms with van der Waals surface area (Å²) in [6.07, 6.45) is 4.94. The summed E-state index contributed by atoms with van der Waals surface area (Å²) in [5.41, 5.74) is 11.7. The van der Waals surface area contributed by atoms with Crippen molar-refractivity contribution in [1.29, 1.82) is 0 Å². The van der Waals surface area contributed by atoms with Gasteiger partial charge in [-0.05, 0) is 24.1 Å². The molecule has 26 heavy (non-hydrogen) atoms. The van der Waals surface area contributed by atoms with Crippen molar-refractivity contribution < 1.29 is 13.2 Å². The van der Waals surface area contributed by atoms with Gasteiger partial charge in [0.1, 0.15) is 0 Å². The number of aromatic nitrogens is 2. The van der Waals surface area contributed by atoms with Crippen LogP contribution < -0.4 is 16.4 Å². The van der Waals surface area contributed by atoms with Gasteiger partial charge in [0, 0.05) is 38.3 Å². The van der Waals surface area contributed by atoms with Crippen LogP contribution in [0.15, 0.2) is 34.4 Å². The number of rotatable bonds is 5. The normalized spacial score (nSPS) is 11.2. The molecule has 0 atom stereocenters. The first-order valence-corrected chi connectivity index (χ1v) is 9.67. The number of imidazole rings is 1. The van der Waals surface area contributed by atoms with Crippen LogP contribution in [0.5, 0.6) is 0 Å². The smallest absolute Gasteiger partial charge is 0.280 e. The Morgan fingerprint density at radius 2 is 2.00 bits per heavy atom. The molecule has 10 heteroatoms. The van der Waals surface area contributed by atoms with Crippen molar-refractivity contribution >= 4 is 33.3 Å². The SMILES string of the molecule is CCc1cc(N(C)c2nccn2C)c(S(C)(=O)=O)cc1C(=O)N=C(N)N. The molecule has 2 aromatic rings. The zero-order chi connectivity index (χ0) is 19.6. The highest BCUT2D eigenvalue weighted by Gasteiger charge is 2.24. The number of hydrogen-bond donors (Lipinski definition) is 2. The largest absolute Gasteiger partial charge is 0.370 e. The monoisotopic (exact) mass is 378 g/mol. The summed E-state index contributed by atoms with van der Waals surface area (Å²) in [5, 5.41) is 0. The molecule has 4 N–H and O–H groups in total. The van der Waals surface area contributed by atoms with Crippen molar-refractivity contribution in [3.05, 3.63) is 35.7 Å². The van der Waals surface area contributed by atoms with E-state index in [-0.39, 0.29) is 16.4 Å². The molecule has 1 aromatic carbocycles. The lowest BCUT2D eigenvalue weighted by molar-refractivity contribution is 0.100. The highest BCUT2D eigenvalue weighted by atomic mass is 32.2. The summed E-state index contributed by atoms with van der Waals surface area (Å²) in [5.74, 6) is -0.509. The summed E-state index contributed by atoms with van der Waals surface area (Å²) < 4.78 is 26.5. The fourth-order valence-electron chi connectivity index (χ4n) is 2.63. The second-order valence-corrected chi connectivity index (χ2v) is 7.83. The summed E-state index contributed by atoms with van der Waals surface area (Å²) >= 11 is 0. The van der Waals surface area contributed by atoms with Gasteiger partial charge >= 0.3 is 0 Å². The summed E-state index contributed by atoms with van der Waals surface area (Å²) in [6.45, 7) is 1.85. The fraction of sp³-hybridized carbons (Fsp3) is 0.312. The molecule has 0 spiro atoms. The number of guanidine groups is 1. The third-order valence-corrected chi connectivity index (χ3v) is 5.01. The van der Waals surface area contributed by atoms with E-state index in [1.807, 2.05) is 6.92 Å². The molecule has 0 fully saturated rings. The fourth-order valence-corrected chi connectivity index (χ4v) is 3.54. The Morgan fingerprint density at radius 1 is 1.35 bits per heavy atom. The van der Waals surface area contributed by atoms with Crippen LogP contribution in [-0.4, -0.2) is 43.1 Å². The van der Waals surface area contributed by atoms with Crippen molar-refractivity contribution in [3.8, 4) is 0 Å². The number of carbonyl (C=O) groups excluding carboxylic acids is 1. The van der Waals surface area contributed by atoms with E-state index in [9.17, 15) is 13.2 Å². The number of anilines is 2. The van der Waals surface area contributed by atoms with Crippen LogP contribution in [0.1, 0.15) is 22.8 Å². The molecule has 0 radical (unpaired) electrons. The van der Waals surface area contributed by atoms with Gasteiger partial charge in [0.05, 0.1) is 10.6 Å². The van der Waals surface area contributed by atoms with Gasteiger partial charge in [0.2, 0.25) is 5.95 Å². The van der Waals surface area contributed by atoms with E-state index in [1.165, 1.54) is 6.07 Å². The predicted octanol–water partition coefficient (Wildman–Crippen LogP) is 0.568. The van der Waals surface area contributed by atoms with Crippen LogP contribution in [0.3, 0.4) is 0 Å². The maximum absolute atomic E-state index is 12.4. The molecule has 1 amide bonds. The number of nitrogens with two attached hydrogens (primary N) is 2. The van der Waals surface area contributed by atoms with Crippen LogP contribution in [0.25, 0.3) is 0 Å². The highest BCUT2D eigenvalue weighted by Crippen LogP contribution is 2.32. The molecule has 0 unspecified atom stereocenters. The van der Waals surface area contributed by atoms with Gasteiger partial charge in [0.15, 0.2) is 15.8 Å². The van der Waals surface area contributed by atoms with Gasteiger partial charge in [-0.1, -0.05) is 6.92 Å². The van der Waals surface area contributed by atoms with E-state index in [0.717, 1.165) is 6.26 Å². The predicted molar refractivity (Wildman–Crippen MR) is 100 cm³/mol. The van der Waals surface area contributed by atoms with E-state index in [0.29, 0.717) is 23.6 Å². The lowest BCUT2D eigenvalue weighted by atomic mass is 10.0. The van der Waals surface area contributed by atoms with E-state index >= 15 is 0 Å². The van der Waals surface area contributed by atoms with Gasteiger partial charge in [-0.25, -0.2) is 13.4 Å². The standard InChI is InChI=1S/C16H22N6O3S/c1-5-10-8-12(22(3)16-19-6-7-21(16)2)13(26(4,24)25)9-11(10)14(23)20-15(17)18/h6-9H,5H2,1-4H3,(H4,17,18,20,23). The Kier molecular flexibility index (Phi) is 5.36. The van der Waals surface area contributed by atoms with Gasteiger partial charge in [-0.15, -0.1) is 0 Å². The topological polar surface area (TPSA) is 137 Å². The van der Waals surface area contributed by atoms with Crippen molar-refractivity contribution in [2.24, 2.45) is 23.5 Å². The Hall–Kier alpha value is -2.88. The Balaban J connectivity index is 2.75. The zero-order valence-corrected chi connectivity index (χ0v) is 15.9. The van der Waals surface area contributed by atoms with Crippen molar-refractivity contribution in [2.75, 3.05) is 18.2 Å². The zero-order valence-electron chi connectivity index (χ0n) is 15.1. The maximum Gasteiger partial charge on any atom is 0.280 e. The first-order valence-electron chi connectivity index (χ1n) is 7.78. The van der Waals surface area contributed by atoms with E-state index < -0.39 is 15.7 Å². The Labute approximate surface area is 152 Å². The minimum Gasteiger partial charge on any atom is -0.370 e. The van der Waals surface area contributed by atoms with Crippen LogP contribution >= 0.6 is 0 Å². The average Bonchev–Trinajstić information content (AvgIpc) is 2.97. The van der Waals surface area contributed by atoms with Crippen LogP contribution in [0.4, 0.5) is 11.6 Å². The van der Waals surface area contributed by atoms with E-state index in [4.69, 9.17) is 11.5 Å². The number of nitrogens with zero attached hydrogens (tertiary/aromatic N) is 4. The quantitative estimate of drug-likeness (QED) is 0.573. The average molecular weight is 378 g/mol. The summed E-state index contributed by atoms with van der Waals surface area (Å²) in [7, 11) is -0.120. The Bertz CT molecular complexity index is 974. The van der Waals surface area contributed by atoms with Crippen molar-refractivity contribution in [3.63, 3.8) is 0 Å². The van der Waals surface area contributed by atoms with Gasteiger partial charge in [0.25, 0.3) is 5.91 Å². The minimum atomic E-state index is -3.63. The van der Waals surface area contributed by atoms with E-state index in [2.05, 4.69) is 9.98 Å². The maximum atomic E-state index is 12.4. The molecule has 0 saturated heterocycles. The molecule has 0 aliphatic heterocycles. The molecular formula is C16H22N6O3S. The molecule has 2 rings (SSSR count). The Morgan fingerprint density at radius 3 is 2.46 bits per heavy atom. The van der Waals surface area contributed by atoms with Crippen LogP contribution in [0.2, 0.25) is 0 Å². The molecule has 0 aliphatic rings. The van der Waals surface area contributed by atoms with Gasteiger partial charge in [-0.2, -0.15) is 4.99 Å². The molecular weight excluding hydrogens is 356 g/mol. The molecule has 9 nitrogen and oxygen atoms in total. The number of amides is 1. The summed E-state index contributed by atoms with van der Waals surface area (Å²) in [4.78, 5) is 21.7. The third-order valence-electron chi connectivity index (χ3n) is 3.88. The first kappa shape index (κ1) is 19.4. The van der Waals surface area contributed by atoms with Crippen LogP contribution in [0, 0.1) is 0 Å². The lowest BCUT2D eigenvalue weighted by Crippen LogP contribution is -2.24. The number of carbonyl (C=O) groups is 1. The van der Waals surface area contributed by atoms with E-state index in [1.54, 1.807) is 42.0 Å². The van der Waals surface area contributed by atoms with Gasteiger partial charge in [-0.3, -0.25) is 4.79 Å². The molecule has 0 bridgehead atoms. The number of sulfone groups is 1. The summed E-state index contributed by atoms with van der Waals surface area (Å²) in [6, 6.07) is 2.97. The molecule has 0 aliphatic carbocycles. The molecule has 140 valence electrons. The van der Waals surface area contributed by atoms with Crippen molar-refractivity contribution in [2.45, 2.75) is 18.2 Å². The third kappa shape index (κ3) is 3.85. The molecule has 1 heterocycles. The minimum absolute atomic E-state index is 0.00524. The van der Waals surface area contributed by atoms with Gasteiger partial charge < -0.3 is 20.9 Å². The van der Waals surface area contributed by atoms with Crippen molar-refractivity contribution in [1.82, 2.24) is 9.55 Å². The molecule has 0 saturated carbocycles. The number of hydrogen-bond acceptors (Lipinski definition) is 5. The number of aliphatic imine (C=N–C) groups is 1.